The Morgan fingerprint density at radius 2 is 2.09 bits per heavy atom. The smallest absolute Gasteiger partial charge is 0.191 e. The van der Waals surface area contributed by atoms with Crippen molar-refractivity contribution in [1.82, 2.24) is 20.4 Å². The predicted molar refractivity (Wildman–Crippen MR) is 105 cm³/mol. The average molecular weight is 421 g/mol. The third-order valence-corrected chi connectivity index (χ3v) is 3.77. The first-order valence-electron chi connectivity index (χ1n) is 8.20. The molecular formula is C16H32IN5. The molecule has 0 spiro atoms. The molecule has 1 atom stereocenters. The van der Waals surface area contributed by atoms with E-state index in [2.05, 4.69) is 41.5 Å². The molecule has 0 bridgehead atoms. The van der Waals surface area contributed by atoms with E-state index in [-0.39, 0.29) is 24.0 Å². The molecule has 1 aromatic heterocycles. The van der Waals surface area contributed by atoms with Crippen LogP contribution in [0, 0.1) is 5.92 Å². The van der Waals surface area contributed by atoms with E-state index in [0.29, 0.717) is 6.54 Å². The monoisotopic (exact) mass is 421 g/mol. The molecule has 1 heterocycles. The third-order valence-electron chi connectivity index (χ3n) is 3.77. The minimum absolute atomic E-state index is 0. The summed E-state index contributed by atoms with van der Waals surface area (Å²) in [5.41, 5.74) is 1.12. The highest BCUT2D eigenvalue weighted by Gasteiger charge is 2.07. The van der Waals surface area contributed by atoms with E-state index >= 15 is 0 Å². The van der Waals surface area contributed by atoms with Gasteiger partial charge < -0.3 is 10.6 Å². The highest BCUT2D eigenvalue weighted by molar-refractivity contribution is 14.0. The van der Waals surface area contributed by atoms with Crippen molar-refractivity contribution < 1.29 is 0 Å². The van der Waals surface area contributed by atoms with Gasteiger partial charge in [-0.25, -0.2) is 4.99 Å². The van der Waals surface area contributed by atoms with Gasteiger partial charge >= 0.3 is 0 Å². The molecule has 0 fully saturated rings. The van der Waals surface area contributed by atoms with Crippen LogP contribution >= 0.6 is 24.0 Å². The lowest BCUT2D eigenvalue weighted by atomic mass is 9.99. The SMILES string of the molecule is CCCCC(CC)CNC(=NCc1ccnn1C)NCC.I. The van der Waals surface area contributed by atoms with E-state index < -0.39 is 0 Å². The van der Waals surface area contributed by atoms with Gasteiger partial charge in [0.1, 0.15) is 0 Å². The fourth-order valence-electron chi connectivity index (χ4n) is 2.24. The van der Waals surface area contributed by atoms with Crippen molar-refractivity contribution in [3.8, 4) is 0 Å². The Bertz CT molecular complexity index is 416. The van der Waals surface area contributed by atoms with Crippen molar-refractivity contribution in [2.45, 2.75) is 53.0 Å². The number of hydrogen-bond acceptors (Lipinski definition) is 2. The molecule has 5 nitrogen and oxygen atoms in total. The highest BCUT2D eigenvalue weighted by Crippen LogP contribution is 2.11. The number of nitrogens with zero attached hydrogens (tertiary/aromatic N) is 3. The number of guanidine groups is 1. The van der Waals surface area contributed by atoms with Gasteiger partial charge in [-0.15, -0.1) is 24.0 Å². The Balaban J connectivity index is 0.00000441. The molecule has 0 amide bonds. The maximum Gasteiger partial charge on any atom is 0.191 e. The number of hydrogen-bond donors (Lipinski definition) is 2. The van der Waals surface area contributed by atoms with Crippen LogP contribution in [0.5, 0.6) is 0 Å². The van der Waals surface area contributed by atoms with Crippen molar-refractivity contribution in [1.29, 1.82) is 0 Å². The largest absolute Gasteiger partial charge is 0.357 e. The topological polar surface area (TPSA) is 54.2 Å². The summed E-state index contributed by atoms with van der Waals surface area (Å²) in [6.45, 7) is 9.13. The fourth-order valence-corrected chi connectivity index (χ4v) is 2.24. The lowest BCUT2D eigenvalue weighted by Crippen LogP contribution is -2.39. The van der Waals surface area contributed by atoms with Gasteiger partial charge in [0, 0.05) is 26.3 Å². The van der Waals surface area contributed by atoms with E-state index in [1.807, 2.05) is 24.0 Å². The van der Waals surface area contributed by atoms with Crippen LogP contribution in [0.3, 0.4) is 0 Å². The first-order valence-corrected chi connectivity index (χ1v) is 8.20. The first-order chi connectivity index (χ1) is 10.2. The standard InChI is InChI=1S/C16H31N5.HI/c1-5-8-9-14(6-2)12-18-16(17-7-3)19-13-15-10-11-20-21(15)4;/h10-11,14H,5-9,12-13H2,1-4H3,(H2,17,18,19);1H. The maximum atomic E-state index is 4.64. The number of aromatic nitrogens is 2. The minimum Gasteiger partial charge on any atom is -0.357 e. The van der Waals surface area contributed by atoms with Gasteiger partial charge in [0.15, 0.2) is 5.96 Å². The third kappa shape index (κ3) is 8.00. The summed E-state index contributed by atoms with van der Waals surface area (Å²) < 4.78 is 1.86. The summed E-state index contributed by atoms with van der Waals surface area (Å²) in [6.07, 6.45) is 6.90. The van der Waals surface area contributed by atoms with Crippen molar-refractivity contribution >= 4 is 29.9 Å². The van der Waals surface area contributed by atoms with E-state index in [1.54, 1.807) is 0 Å². The van der Waals surface area contributed by atoms with Crippen LogP contribution < -0.4 is 10.6 Å². The second-order valence-electron chi connectivity index (χ2n) is 5.44. The van der Waals surface area contributed by atoms with Crippen LogP contribution in [0.1, 0.15) is 52.1 Å². The summed E-state index contributed by atoms with van der Waals surface area (Å²) in [4.78, 5) is 4.64. The number of halogens is 1. The Morgan fingerprint density at radius 1 is 1.32 bits per heavy atom. The van der Waals surface area contributed by atoms with E-state index in [9.17, 15) is 0 Å². The zero-order valence-electron chi connectivity index (χ0n) is 14.4. The molecule has 22 heavy (non-hydrogen) atoms. The normalized spacial score (nSPS) is 12.6. The predicted octanol–water partition coefficient (Wildman–Crippen LogP) is 3.31. The van der Waals surface area contributed by atoms with Gasteiger partial charge in [0.05, 0.1) is 12.2 Å². The van der Waals surface area contributed by atoms with Crippen LogP contribution in [0.2, 0.25) is 0 Å². The van der Waals surface area contributed by atoms with Gasteiger partial charge in [-0.2, -0.15) is 5.10 Å². The van der Waals surface area contributed by atoms with E-state index in [1.165, 1.54) is 25.7 Å². The fraction of sp³-hybridized carbons (Fsp3) is 0.750. The van der Waals surface area contributed by atoms with Gasteiger partial charge in [-0.3, -0.25) is 4.68 Å². The molecule has 0 aromatic carbocycles. The van der Waals surface area contributed by atoms with Crippen LogP contribution in [0.25, 0.3) is 0 Å². The Kier molecular flexibility index (Phi) is 12.3. The summed E-state index contributed by atoms with van der Waals surface area (Å²) in [6, 6.07) is 2.00. The summed E-state index contributed by atoms with van der Waals surface area (Å²) >= 11 is 0. The molecule has 2 N–H and O–H groups in total. The molecule has 0 aliphatic heterocycles. The Morgan fingerprint density at radius 3 is 2.64 bits per heavy atom. The van der Waals surface area contributed by atoms with Gasteiger partial charge in [0.2, 0.25) is 0 Å². The molecule has 1 aromatic rings. The van der Waals surface area contributed by atoms with Crippen LogP contribution in [-0.2, 0) is 13.6 Å². The second kappa shape index (κ2) is 12.7. The van der Waals surface area contributed by atoms with Crippen LogP contribution in [0.15, 0.2) is 17.3 Å². The summed E-state index contributed by atoms with van der Waals surface area (Å²) in [5.74, 6) is 1.62. The van der Waals surface area contributed by atoms with Crippen molar-refractivity contribution in [3.05, 3.63) is 18.0 Å². The lowest BCUT2D eigenvalue weighted by molar-refractivity contribution is 0.443. The maximum absolute atomic E-state index is 4.64. The molecular weight excluding hydrogens is 389 g/mol. The molecule has 0 saturated carbocycles. The van der Waals surface area contributed by atoms with Gasteiger partial charge in [-0.1, -0.05) is 33.1 Å². The molecule has 0 aliphatic carbocycles. The van der Waals surface area contributed by atoms with Crippen molar-refractivity contribution in [3.63, 3.8) is 0 Å². The first kappa shape index (κ1) is 21.2. The number of rotatable bonds is 9. The molecule has 6 heteroatoms. The average Bonchev–Trinajstić information content (AvgIpc) is 2.90. The molecule has 1 unspecified atom stereocenters. The van der Waals surface area contributed by atoms with Gasteiger partial charge in [0.25, 0.3) is 0 Å². The lowest BCUT2D eigenvalue weighted by Gasteiger charge is -2.17. The zero-order chi connectivity index (χ0) is 15.5. The Hall–Kier alpha value is -0.790. The number of unbranched alkanes of at least 4 members (excludes halogenated alkanes) is 1. The summed E-state index contributed by atoms with van der Waals surface area (Å²) in [7, 11) is 1.95. The van der Waals surface area contributed by atoms with Crippen LogP contribution in [-0.4, -0.2) is 28.8 Å². The molecule has 0 aliphatic rings. The molecule has 128 valence electrons. The van der Waals surface area contributed by atoms with Crippen molar-refractivity contribution in [2.75, 3.05) is 13.1 Å². The second-order valence-corrected chi connectivity index (χ2v) is 5.44. The Labute approximate surface area is 152 Å². The number of nitrogens with one attached hydrogen (secondary N) is 2. The quantitative estimate of drug-likeness (QED) is 0.366. The van der Waals surface area contributed by atoms with E-state index in [0.717, 1.165) is 30.7 Å². The number of aryl methyl sites for hydroxylation is 1. The van der Waals surface area contributed by atoms with E-state index in [4.69, 9.17) is 0 Å². The van der Waals surface area contributed by atoms with Gasteiger partial charge in [-0.05, 0) is 25.3 Å². The zero-order valence-corrected chi connectivity index (χ0v) is 16.8. The van der Waals surface area contributed by atoms with Crippen molar-refractivity contribution in [2.24, 2.45) is 18.0 Å². The highest BCUT2D eigenvalue weighted by atomic mass is 127. The molecule has 0 radical (unpaired) electrons. The molecule has 1 rings (SSSR count). The minimum atomic E-state index is 0. The summed E-state index contributed by atoms with van der Waals surface area (Å²) in [5, 5.41) is 10.9. The van der Waals surface area contributed by atoms with Crippen LogP contribution in [0.4, 0.5) is 0 Å². The number of aliphatic imine (C=N–C) groups is 1. The molecule has 0 saturated heterocycles.